The zero-order chi connectivity index (χ0) is 19.4. The van der Waals surface area contributed by atoms with E-state index in [0.717, 1.165) is 21.8 Å². The molecule has 27 heavy (non-hydrogen) atoms. The van der Waals surface area contributed by atoms with Crippen molar-refractivity contribution in [2.75, 3.05) is 18.1 Å². The third kappa shape index (κ3) is 4.90. The van der Waals surface area contributed by atoms with E-state index in [-0.39, 0.29) is 18.3 Å². The van der Waals surface area contributed by atoms with Gasteiger partial charge in [0.1, 0.15) is 6.61 Å². The Morgan fingerprint density at radius 2 is 2.00 bits per heavy atom. The molecule has 0 fully saturated rings. The van der Waals surface area contributed by atoms with Crippen LogP contribution in [0.15, 0.2) is 29.2 Å². The summed E-state index contributed by atoms with van der Waals surface area (Å²) in [5, 5.41) is 4.84. The first-order valence-corrected chi connectivity index (χ1v) is 9.82. The molecule has 9 heteroatoms. The maximum absolute atomic E-state index is 12.0. The number of hydrogen-bond donors (Lipinski definition) is 1. The fourth-order valence-electron chi connectivity index (χ4n) is 2.73. The third-order valence-corrected chi connectivity index (χ3v) is 5.30. The lowest BCUT2D eigenvalue weighted by molar-refractivity contribution is -0.142. The number of carbonyl (C=O) groups excluding carboxylic acids is 1. The first-order valence-electron chi connectivity index (χ1n) is 8.46. The lowest BCUT2D eigenvalue weighted by Crippen LogP contribution is -2.11. The summed E-state index contributed by atoms with van der Waals surface area (Å²) in [7, 11) is 0. The minimum Gasteiger partial charge on any atom is -0.465 e. The van der Waals surface area contributed by atoms with Crippen LogP contribution in [0.2, 0.25) is 5.02 Å². The van der Waals surface area contributed by atoms with Crippen molar-refractivity contribution in [1.82, 2.24) is 19.6 Å². The number of halogens is 1. The van der Waals surface area contributed by atoms with Crippen LogP contribution in [0.5, 0.6) is 0 Å². The predicted octanol–water partition coefficient (Wildman–Crippen LogP) is 3.24. The summed E-state index contributed by atoms with van der Waals surface area (Å²) >= 11 is 7.48. The van der Waals surface area contributed by atoms with Gasteiger partial charge < -0.3 is 10.5 Å². The van der Waals surface area contributed by atoms with Gasteiger partial charge in [0.25, 0.3) is 5.78 Å². The number of rotatable bonds is 7. The molecule has 0 saturated carbocycles. The minimum atomic E-state index is -0.233. The highest BCUT2D eigenvalue weighted by atomic mass is 35.5. The Morgan fingerprint density at radius 1 is 1.26 bits per heavy atom. The van der Waals surface area contributed by atoms with E-state index in [0.29, 0.717) is 29.6 Å². The van der Waals surface area contributed by atoms with E-state index in [4.69, 9.17) is 22.1 Å². The molecule has 7 nitrogen and oxygen atoms in total. The molecule has 3 aromatic rings. The lowest BCUT2D eigenvalue weighted by atomic mass is 10.1. The van der Waals surface area contributed by atoms with Crippen molar-refractivity contribution in [1.29, 1.82) is 0 Å². The van der Waals surface area contributed by atoms with Crippen molar-refractivity contribution in [3.63, 3.8) is 0 Å². The predicted molar refractivity (Wildman–Crippen MR) is 106 cm³/mol. The van der Waals surface area contributed by atoms with Crippen LogP contribution >= 0.6 is 23.4 Å². The Bertz CT molecular complexity index is 959. The highest BCUT2D eigenvalue weighted by Crippen LogP contribution is 2.20. The summed E-state index contributed by atoms with van der Waals surface area (Å²) in [5.41, 5.74) is 8.29. The van der Waals surface area contributed by atoms with Crippen LogP contribution in [0, 0.1) is 13.8 Å². The minimum absolute atomic E-state index is 0.180. The molecule has 0 saturated heterocycles. The Labute approximate surface area is 166 Å². The first kappa shape index (κ1) is 19.4. The van der Waals surface area contributed by atoms with Crippen LogP contribution in [0.3, 0.4) is 0 Å². The average Bonchev–Trinajstić information content (AvgIpc) is 3.00. The summed E-state index contributed by atoms with van der Waals surface area (Å²) in [4.78, 5) is 21.6. The normalized spacial score (nSPS) is 11.1. The molecule has 0 unspecified atom stereocenters. The quantitative estimate of drug-likeness (QED) is 0.366. The summed E-state index contributed by atoms with van der Waals surface area (Å²) < 4.78 is 6.92. The number of benzene rings is 1. The van der Waals surface area contributed by atoms with E-state index < -0.39 is 0 Å². The number of ether oxygens (including phenoxy) is 1. The van der Waals surface area contributed by atoms with Crippen LogP contribution in [-0.4, -0.2) is 37.9 Å². The molecule has 3 rings (SSSR count). The van der Waals surface area contributed by atoms with E-state index in [1.54, 1.807) is 16.3 Å². The van der Waals surface area contributed by atoms with E-state index in [1.807, 2.05) is 38.1 Å². The smallest absolute Gasteiger partial charge is 0.306 e. The second kappa shape index (κ2) is 8.58. The molecular weight excluding hydrogens is 386 g/mol. The fraction of sp³-hybridized carbons (Fsp3) is 0.333. The molecule has 0 spiro atoms. The number of fused-ring (bicyclic) bond motifs is 1. The van der Waals surface area contributed by atoms with Crippen LogP contribution in [-0.2, 0) is 16.0 Å². The van der Waals surface area contributed by atoms with Gasteiger partial charge in [-0.15, -0.1) is 16.9 Å². The summed E-state index contributed by atoms with van der Waals surface area (Å²) in [6.45, 7) is 4.17. The van der Waals surface area contributed by atoms with E-state index in [2.05, 4.69) is 15.1 Å². The number of nitrogen functional groups attached to an aromatic ring is 1. The topological polar surface area (TPSA) is 95.4 Å². The van der Waals surface area contributed by atoms with E-state index in [1.165, 1.54) is 0 Å². The van der Waals surface area contributed by atoms with Crippen molar-refractivity contribution in [2.45, 2.75) is 31.6 Å². The number of carbonyl (C=O) groups is 1. The summed E-state index contributed by atoms with van der Waals surface area (Å²) in [6, 6.07) is 7.57. The van der Waals surface area contributed by atoms with Gasteiger partial charge >= 0.3 is 5.97 Å². The molecule has 0 aliphatic rings. The van der Waals surface area contributed by atoms with Gasteiger partial charge in [0.15, 0.2) is 0 Å². The summed E-state index contributed by atoms with van der Waals surface area (Å²) in [6.07, 6.45) is 0.814. The van der Waals surface area contributed by atoms with Crippen LogP contribution in [0.4, 0.5) is 5.95 Å². The molecule has 0 aliphatic heterocycles. The molecule has 0 aliphatic carbocycles. The number of anilines is 1. The van der Waals surface area contributed by atoms with Crippen LogP contribution < -0.4 is 5.73 Å². The standard InChI is InChI=1S/C18H20ClN5O2S/c1-11-15(12(2)24-18(21-11)22-17(20)23-24)7-8-16(25)26-9-10-27-14-5-3-13(19)4-6-14/h3-6H,7-10H2,1-2H3,(H2,20,23). The number of hydrogen-bond acceptors (Lipinski definition) is 7. The largest absolute Gasteiger partial charge is 0.465 e. The van der Waals surface area contributed by atoms with Crippen molar-refractivity contribution >= 4 is 41.1 Å². The molecule has 0 atom stereocenters. The Morgan fingerprint density at radius 3 is 2.74 bits per heavy atom. The highest BCUT2D eigenvalue weighted by Gasteiger charge is 2.14. The zero-order valence-electron chi connectivity index (χ0n) is 15.1. The van der Waals surface area contributed by atoms with Crippen molar-refractivity contribution in [2.24, 2.45) is 0 Å². The maximum atomic E-state index is 12.0. The van der Waals surface area contributed by atoms with E-state index >= 15 is 0 Å². The molecule has 0 radical (unpaired) electrons. The van der Waals surface area contributed by atoms with E-state index in [9.17, 15) is 4.79 Å². The van der Waals surface area contributed by atoms with Gasteiger partial charge in [-0.25, -0.2) is 4.98 Å². The molecule has 1 aromatic carbocycles. The number of aromatic nitrogens is 4. The second-order valence-electron chi connectivity index (χ2n) is 5.97. The second-order valence-corrected chi connectivity index (χ2v) is 7.57. The number of esters is 1. The van der Waals surface area contributed by atoms with Crippen LogP contribution in [0.1, 0.15) is 23.4 Å². The van der Waals surface area contributed by atoms with Gasteiger partial charge in [0, 0.05) is 33.5 Å². The maximum Gasteiger partial charge on any atom is 0.306 e. The van der Waals surface area contributed by atoms with Gasteiger partial charge in [-0.05, 0) is 50.1 Å². The highest BCUT2D eigenvalue weighted by molar-refractivity contribution is 7.99. The van der Waals surface area contributed by atoms with Crippen molar-refractivity contribution in [3.8, 4) is 0 Å². The average molecular weight is 406 g/mol. The molecule has 0 bridgehead atoms. The Kier molecular flexibility index (Phi) is 6.18. The fourth-order valence-corrected chi connectivity index (χ4v) is 3.59. The molecule has 142 valence electrons. The summed E-state index contributed by atoms with van der Waals surface area (Å²) in [5.74, 6) is 1.11. The van der Waals surface area contributed by atoms with Gasteiger partial charge in [0.05, 0.1) is 0 Å². The number of nitrogens with two attached hydrogens (primary N) is 1. The van der Waals surface area contributed by atoms with Gasteiger partial charge in [0.2, 0.25) is 5.95 Å². The molecule has 2 N–H and O–H groups in total. The first-order chi connectivity index (χ1) is 12.9. The van der Waals surface area contributed by atoms with Gasteiger partial charge in [-0.1, -0.05) is 11.6 Å². The van der Waals surface area contributed by atoms with Crippen molar-refractivity contribution in [3.05, 3.63) is 46.2 Å². The zero-order valence-corrected chi connectivity index (χ0v) is 16.7. The SMILES string of the molecule is Cc1nc2nc(N)nn2c(C)c1CCC(=O)OCCSc1ccc(Cl)cc1. The van der Waals surface area contributed by atoms with Crippen molar-refractivity contribution < 1.29 is 9.53 Å². The van der Waals surface area contributed by atoms with Gasteiger partial charge in [-0.2, -0.15) is 9.50 Å². The number of thioether (sulfide) groups is 1. The molecule has 2 aromatic heterocycles. The Hall–Kier alpha value is -2.32. The monoisotopic (exact) mass is 405 g/mol. The molecule has 2 heterocycles. The van der Waals surface area contributed by atoms with Crippen LogP contribution in [0.25, 0.3) is 5.78 Å². The number of nitrogens with zero attached hydrogens (tertiary/aromatic N) is 4. The Balaban J connectivity index is 1.49. The lowest BCUT2D eigenvalue weighted by Gasteiger charge is -2.10. The molecule has 0 amide bonds. The molecular formula is C18H20ClN5O2S. The third-order valence-electron chi connectivity index (χ3n) is 4.07. The van der Waals surface area contributed by atoms with Gasteiger partial charge in [-0.3, -0.25) is 4.79 Å². The number of aryl methyl sites for hydroxylation is 2.